The van der Waals surface area contributed by atoms with E-state index in [1.54, 1.807) is 0 Å². The highest BCUT2D eigenvalue weighted by atomic mass is 32.2. The van der Waals surface area contributed by atoms with Crippen molar-refractivity contribution in [3.63, 3.8) is 0 Å². The summed E-state index contributed by atoms with van der Waals surface area (Å²) in [6, 6.07) is 1.23. The number of aromatic amines is 1. The standard InChI is InChI=1S/C14H20N2O3S/c1-14(2,3)11-5-8-16(9-6-11)20(18,19)13-10-15-7-4-12(13)17/h4-5,7,10H,6,8-9H2,1-3H3,(H,15,17). The summed E-state index contributed by atoms with van der Waals surface area (Å²) in [6.07, 6.45) is 5.33. The van der Waals surface area contributed by atoms with Gasteiger partial charge in [0, 0.05) is 31.5 Å². The van der Waals surface area contributed by atoms with E-state index < -0.39 is 15.5 Å². The smallest absolute Gasteiger partial charge is 0.248 e. The molecule has 1 aliphatic rings. The molecule has 110 valence electrons. The van der Waals surface area contributed by atoms with E-state index in [0.717, 1.165) is 0 Å². The molecule has 0 atom stereocenters. The predicted octanol–water partition coefficient (Wildman–Crippen LogP) is 1.74. The third-order valence-corrected chi connectivity index (χ3v) is 5.43. The van der Waals surface area contributed by atoms with Gasteiger partial charge in [-0.3, -0.25) is 4.79 Å². The molecule has 1 aromatic heterocycles. The molecule has 0 aromatic carbocycles. The van der Waals surface area contributed by atoms with E-state index in [-0.39, 0.29) is 10.3 Å². The summed E-state index contributed by atoms with van der Waals surface area (Å²) in [5.41, 5.74) is 0.834. The maximum atomic E-state index is 12.4. The Morgan fingerprint density at radius 3 is 2.50 bits per heavy atom. The van der Waals surface area contributed by atoms with Crippen molar-refractivity contribution in [1.29, 1.82) is 0 Å². The molecule has 0 saturated heterocycles. The Morgan fingerprint density at radius 1 is 1.30 bits per heavy atom. The van der Waals surface area contributed by atoms with Crippen LogP contribution in [0.2, 0.25) is 0 Å². The van der Waals surface area contributed by atoms with Gasteiger partial charge >= 0.3 is 0 Å². The molecule has 2 heterocycles. The van der Waals surface area contributed by atoms with Gasteiger partial charge in [-0.1, -0.05) is 32.4 Å². The molecule has 0 saturated carbocycles. The van der Waals surface area contributed by atoms with Crippen molar-refractivity contribution in [2.75, 3.05) is 13.1 Å². The average Bonchev–Trinajstić information content (AvgIpc) is 2.38. The van der Waals surface area contributed by atoms with Crippen LogP contribution in [0.5, 0.6) is 0 Å². The van der Waals surface area contributed by atoms with Crippen molar-refractivity contribution >= 4 is 10.0 Å². The zero-order valence-corrected chi connectivity index (χ0v) is 12.8. The van der Waals surface area contributed by atoms with Gasteiger partial charge in [-0.15, -0.1) is 0 Å². The molecule has 0 amide bonds. The highest BCUT2D eigenvalue weighted by Gasteiger charge is 2.30. The van der Waals surface area contributed by atoms with E-state index >= 15 is 0 Å². The zero-order valence-electron chi connectivity index (χ0n) is 12.0. The number of nitrogens with zero attached hydrogens (tertiary/aromatic N) is 1. The second-order valence-corrected chi connectivity index (χ2v) is 7.87. The highest BCUT2D eigenvalue weighted by Crippen LogP contribution is 2.31. The summed E-state index contributed by atoms with van der Waals surface area (Å²) in [7, 11) is -3.72. The number of pyridine rings is 1. The van der Waals surface area contributed by atoms with E-state index in [4.69, 9.17) is 0 Å². The third-order valence-electron chi connectivity index (χ3n) is 3.54. The molecule has 0 bridgehead atoms. The van der Waals surface area contributed by atoms with Crippen molar-refractivity contribution in [3.8, 4) is 0 Å². The minimum atomic E-state index is -3.72. The van der Waals surface area contributed by atoms with E-state index in [9.17, 15) is 13.2 Å². The van der Waals surface area contributed by atoms with Gasteiger partial charge in [-0.05, 0) is 11.8 Å². The Kier molecular flexibility index (Phi) is 3.88. The molecule has 0 spiro atoms. The molecular weight excluding hydrogens is 276 g/mol. The van der Waals surface area contributed by atoms with Gasteiger partial charge in [0.2, 0.25) is 15.5 Å². The fourth-order valence-electron chi connectivity index (χ4n) is 2.29. The van der Waals surface area contributed by atoms with Crippen molar-refractivity contribution in [2.45, 2.75) is 32.1 Å². The number of aromatic nitrogens is 1. The minimum Gasteiger partial charge on any atom is -0.366 e. The molecule has 1 aliphatic heterocycles. The molecule has 2 rings (SSSR count). The Bertz CT molecular complexity index is 681. The van der Waals surface area contributed by atoms with Crippen LogP contribution in [0, 0.1) is 5.41 Å². The van der Waals surface area contributed by atoms with Gasteiger partial charge in [0.1, 0.15) is 4.90 Å². The van der Waals surface area contributed by atoms with Crippen molar-refractivity contribution in [1.82, 2.24) is 9.29 Å². The monoisotopic (exact) mass is 296 g/mol. The van der Waals surface area contributed by atoms with Crippen LogP contribution < -0.4 is 5.43 Å². The molecule has 0 radical (unpaired) electrons. The average molecular weight is 296 g/mol. The molecule has 1 aromatic rings. The fraction of sp³-hybridized carbons (Fsp3) is 0.500. The Morgan fingerprint density at radius 2 is 2.00 bits per heavy atom. The van der Waals surface area contributed by atoms with Crippen molar-refractivity contribution in [2.24, 2.45) is 5.41 Å². The van der Waals surface area contributed by atoms with Crippen LogP contribution in [0.1, 0.15) is 27.2 Å². The number of sulfonamides is 1. The maximum Gasteiger partial charge on any atom is 0.248 e. The SMILES string of the molecule is CC(C)(C)C1=CCN(S(=O)(=O)c2c[nH]ccc2=O)CC1. The number of hydrogen-bond donors (Lipinski definition) is 1. The molecule has 20 heavy (non-hydrogen) atoms. The van der Waals surface area contributed by atoms with Crippen molar-refractivity contribution in [3.05, 3.63) is 40.3 Å². The number of rotatable bonds is 2. The van der Waals surface area contributed by atoms with Crippen LogP contribution in [0.4, 0.5) is 0 Å². The lowest BCUT2D eigenvalue weighted by Gasteiger charge is -2.31. The van der Waals surface area contributed by atoms with Gasteiger partial charge in [0.15, 0.2) is 0 Å². The summed E-state index contributed by atoms with van der Waals surface area (Å²) in [6.45, 7) is 7.09. The second kappa shape index (κ2) is 5.18. The Balaban J connectivity index is 2.29. The summed E-state index contributed by atoms with van der Waals surface area (Å²) in [5.74, 6) is 0. The molecule has 6 heteroatoms. The topological polar surface area (TPSA) is 70.2 Å². The van der Waals surface area contributed by atoms with E-state index in [0.29, 0.717) is 19.5 Å². The number of hydrogen-bond acceptors (Lipinski definition) is 3. The van der Waals surface area contributed by atoms with Crippen LogP contribution in [0.15, 0.2) is 39.8 Å². The second-order valence-electron chi connectivity index (χ2n) is 5.97. The Hall–Kier alpha value is -1.40. The summed E-state index contributed by atoms with van der Waals surface area (Å²) < 4.78 is 26.2. The van der Waals surface area contributed by atoms with Crippen LogP contribution in [-0.2, 0) is 10.0 Å². The van der Waals surface area contributed by atoms with Gasteiger partial charge in [0.05, 0.1) is 0 Å². The molecule has 5 nitrogen and oxygen atoms in total. The third kappa shape index (κ3) is 2.86. The highest BCUT2D eigenvalue weighted by molar-refractivity contribution is 7.89. The minimum absolute atomic E-state index is 0.0556. The zero-order chi connectivity index (χ0) is 15.0. The van der Waals surface area contributed by atoms with Gasteiger partial charge in [-0.25, -0.2) is 8.42 Å². The molecule has 0 fully saturated rings. The van der Waals surface area contributed by atoms with Crippen LogP contribution in [0.25, 0.3) is 0 Å². The lowest BCUT2D eigenvalue weighted by molar-refractivity contribution is 0.389. The first kappa shape index (κ1) is 15.0. The first-order chi connectivity index (χ1) is 9.23. The molecule has 0 unspecified atom stereocenters. The van der Waals surface area contributed by atoms with E-state index in [2.05, 4.69) is 25.8 Å². The molecule has 0 aliphatic carbocycles. The quantitative estimate of drug-likeness (QED) is 0.845. The number of nitrogens with one attached hydrogen (secondary N) is 1. The van der Waals surface area contributed by atoms with E-state index in [1.165, 1.54) is 28.3 Å². The summed E-state index contributed by atoms with van der Waals surface area (Å²) in [5, 5.41) is 0. The van der Waals surface area contributed by atoms with Gasteiger partial charge in [-0.2, -0.15) is 4.31 Å². The van der Waals surface area contributed by atoms with Crippen LogP contribution >= 0.6 is 0 Å². The molecular formula is C14H20N2O3S. The normalized spacial score (nSPS) is 17.9. The maximum absolute atomic E-state index is 12.4. The first-order valence-corrected chi connectivity index (χ1v) is 8.04. The van der Waals surface area contributed by atoms with Gasteiger partial charge < -0.3 is 4.98 Å². The largest absolute Gasteiger partial charge is 0.366 e. The number of H-pyrrole nitrogens is 1. The van der Waals surface area contributed by atoms with Crippen molar-refractivity contribution < 1.29 is 8.42 Å². The Labute approximate surface area is 119 Å². The fourth-order valence-corrected chi connectivity index (χ4v) is 3.71. The predicted molar refractivity (Wildman–Crippen MR) is 78.0 cm³/mol. The lowest BCUT2D eigenvalue weighted by Crippen LogP contribution is -2.38. The summed E-state index contributed by atoms with van der Waals surface area (Å²) in [4.78, 5) is 14.2. The van der Waals surface area contributed by atoms with E-state index in [1.807, 2.05) is 6.08 Å². The van der Waals surface area contributed by atoms with Gasteiger partial charge in [0.25, 0.3) is 0 Å². The summed E-state index contributed by atoms with van der Waals surface area (Å²) >= 11 is 0. The van der Waals surface area contributed by atoms with Crippen LogP contribution in [-0.4, -0.2) is 30.8 Å². The lowest BCUT2D eigenvalue weighted by atomic mass is 9.83. The molecule has 1 N–H and O–H groups in total. The van der Waals surface area contributed by atoms with Crippen LogP contribution in [0.3, 0.4) is 0 Å². The first-order valence-electron chi connectivity index (χ1n) is 6.60.